The first-order chi connectivity index (χ1) is 9.12. The van der Waals surface area contributed by atoms with Gasteiger partial charge < -0.3 is 15.0 Å². The van der Waals surface area contributed by atoms with Gasteiger partial charge in [0.25, 0.3) is 0 Å². The molecule has 0 saturated carbocycles. The first-order valence-electron chi connectivity index (χ1n) is 6.69. The van der Waals surface area contributed by atoms with Crippen LogP contribution in [-0.4, -0.2) is 48.1 Å². The average Bonchev–Trinajstić information content (AvgIpc) is 2.37. The summed E-state index contributed by atoms with van der Waals surface area (Å²) in [6, 6.07) is 2.02. The van der Waals surface area contributed by atoms with Gasteiger partial charge in [0.2, 0.25) is 0 Å². The van der Waals surface area contributed by atoms with Crippen molar-refractivity contribution in [2.45, 2.75) is 38.1 Å². The van der Waals surface area contributed by atoms with Crippen molar-refractivity contribution in [1.29, 1.82) is 0 Å². The number of hydrogen-bond acceptors (Lipinski definition) is 6. The van der Waals surface area contributed by atoms with Gasteiger partial charge in [-0.05, 0) is 27.0 Å². The fourth-order valence-electron chi connectivity index (χ4n) is 2.30. The third kappa shape index (κ3) is 3.73. The van der Waals surface area contributed by atoms with Crippen molar-refractivity contribution in [3.63, 3.8) is 0 Å². The van der Waals surface area contributed by atoms with E-state index in [4.69, 9.17) is 4.74 Å². The van der Waals surface area contributed by atoms with Crippen LogP contribution in [0, 0.1) is 0 Å². The molecule has 0 aromatic carbocycles. The van der Waals surface area contributed by atoms with Crippen LogP contribution in [0.5, 0.6) is 0 Å². The Morgan fingerprint density at radius 2 is 2.05 bits per heavy atom. The summed E-state index contributed by atoms with van der Waals surface area (Å²) in [6.07, 6.45) is 2.47. The summed E-state index contributed by atoms with van der Waals surface area (Å²) in [4.78, 5) is 11.3. The Bertz CT molecular complexity index is 419. The number of morpholine rings is 1. The second-order valence-corrected chi connectivity index (χ2v) is 5.56. The van der Waals surface area contributed by atoms with Crippen molar-refractivity contribution >= 4 is 23.4 Å². The zero-order valence-electron chi connectivity index (χ0n) is 12.0. The molecule has 106 valence electrons. The van der Waals surface area contributed by atoms with E-state index < -0.39 is 0 Å². The maximum absolute atomic E-state index is 5.77. The van der Waals surface area contributed by atoms with Gasteiger partial charge in [0, 0.05) is 25.7 Å². The summed E-state index contributed by atoms with van der Waals surface area (Å²) >= 11 is 1.57. The number of nitrogens with zero attached hydrogens (tertiary/aromatic N) is 3. The Kier molecular flexibility index (Phi) is 4.87. The van der Waals surface area contributed by atoms with E-state index in [1.54, 1.807) is 11.8 Å². The summed E-state index contributed by atoms with van der Waals surface area (Å²) in [6.45, 7) is 8.89. The van der Waals surface area contributed by atoms with Crippen molar-refractivity contribution in [3.8, 4) is 0 Å². The lowest BCUT2D eigenvalue weighted by Crippen LogP contribution is -2.45. The van der Waals surface area contributed by atoms with Crippen molar-refractivity contribution in [2.75, 3.05) is 36.1 Å². The molecule has 1 saturated heterocycles. The monoisotopic (exact) mass is 282 g/mol. The lowest BCUT2D eigenvalue weighted by molar-refractivity contribution is -0.00549. The zero-order valence-corrected chi connectivity index (χ0v) is 12.8. The summed E-state index contributed by atoms with van der Waals surface area (Å²) in [5, 5.41) is 4.07. The van der Waals surface area contributed by atoms with Crippen LogP contribution in [0.1, 0.15) is 20.8 Å². The van der Waals surface area contributed by atoms with Crippen LogP contribution in [0.15, 0.2) is 11.2 Å². The Labute approximate surface area is 119 Å². The fourth-order valence-corrected chi connectivity index (χ4v) is 2.68. The van der Waals surface area contributed by atoms with E-state index in [9.17, 15) is 0 Å². The fraction of sp³-hybridized carbons (Fsp3) is 0.692. The van der Waals surface area contributed by atoms with Crippen LogP contribution in [0.4, 0.5) is 11.6 Å². The molecule has 1 aliphatic rings. The van der Waals surface area contributed by atoms with Gasteiger partial charge in [-0.2, -0.15) is 0 Å². The SMILES string of the molecule is CCNc1cc(N2CC(C)OC(C)C2)nc(SC)n1. The highest BCUT2D eigenvalue weighted by Crippen LogP contribution is 2.23. The van der Waals surface area contributed by atoms with E-state index in [0.717, 1.165) is 36.4 Å². The van der Waals surface area contributed by atoms with Gasteiger partial charge in [0.05, 0.1) is 12.2 Å². The second kappa shape index (κ2) is 6.43. The van der Waals surface area contributed by atoms with Gasteiger partial charge in [-0.1, -0.05) is 11.8 Å². The van der Waals surface area contributed by atoms with E-state index >= 15 is 0 Å². The van der Waals surface area contributed by atoms with E-state index in [0.29, 0.717) is 0 Å². The second-order valence-electron chi connectivity index (χ2n) is 4.79. The first kappa shape index (κ1) is 14.4. The number of rotatable bonds is 4. The Morgan fingerprint density at radius 3 is 2.63 bits per heavy atom. The summed E-state index contributed by atoms with van der Waals surface area (Å²) in [5.74, 6) is 1.88. The van der Waals surface area contributed by atoms with Crippen LogP contribution >= 0.6 is 11.8 Å². The van der Waals surface area contributed by atoms with Crippen LogP contribution in [-0.2, 0) is 4.74 Å². The molecule has 2 rings (SSSR count). The van der Waals surface area contributed by atoms with Crippen LogP contribution in [0.3, 0.4) is 0 Å². The molecule has 19 heavy (non-hydrogen) atoms. The molecule has 1 aromatic heterocycles. The Balaban J connectivity index is 2.24. The molecule has 0 spiro atoms. The molecule has 0 aliphatic carbocycles. The van der Waals surface area contributed by atoms with Gasteiger partial charge >= 0.3 is 0 Å². The predicted octanol–water partition coefficient (Wildman–Crippen LogP) is 2.24. The Hall–Kier alpha value is -1.01. The van der Waals surface area contributed by atoms with Gasteiger partial charge in [-0.25, -0.2) is 9.97 Å². The lowest BCUT2D eigenvalue weighted by Gasteiger charge is -2.36. The standard InChI is InChI=1S/C13H22N4OS/c1-5-14-11-6-12(16-13(15-11)19-4)17-7-9(2)18-10(3)8-17/h6,9-10H,5,7-8H2,1-4H3,(H,14,15,16). The minimum absolute atomic E-state index is 0.235. The molecule has 5 nitrogen and oxygen atoms in total. The molecule has 1 N–H and O–H groups in total. The summed E-state index contributed by atoms with van der Waals surface area (Å²) in [5.41, 5.74) is 0. The highest BCUT2D eigenvalue weighted by molar-refractivity contribution is 7.98. The van der Waals surface area contributed by atoms with Gasteiger partial charge in [-0.3, -0.25) is 0 Å². The molecule has 1 fully saturated rings. The number of nitrogens with one attached hydrogen (secondary N) is 1. The number of ether oxygens (including phenoxy) is 1. The lowest BCUT2D eigenvalue weighted by atomic mass is 10.2. The number of thioether (sulfide) groups is 1. The van der Waals surface area contributed by atoms with Gasteiger partial charge in [0.1, 0.15) is 11.6 Å². The maximum atomic E-state index is 5.77. The average molecular weight is 282 g/mol. The van der Waals surface area contributed by atoms with Gasteiger partial charge in [-0.15, -0.1) is 0 Å². The topological polar surface area (TPSA) is 50.3 Å². The van der Waals surface area contributed by atoms with Crippen molar-refractivity contribution in [2.24, 2.45) is 0 Å². The van der Waals surface area contributed by atoms with Crippen LogP contribution < -0.4 is 10.2 Å². The summed E-state index contributed by atoms with van der Waals surface area (Å²) < 4.78 is 5.77. The first-order valence-corrected chi connectivity index (χ1v) is 7.92. The van der Waals surface area contributed by atoms with E-state index in [2.05, 4.69) is 41.0 Å². The normalized spacial score (nSPS) is 23.5. The molecule has 2 atom stereocenters. The van der Waals surface area contributed by atoms with Crippen LogP contribution in [0.25, 0.3) is 0 Å². The molecule has 1 aromatic rings. The van der Waals surface area contributed by atoms with E-state index in [1.165, 1.54) is 0 Å². The molecular weight excluding hydrogens is 260 g/mol. The van der Waals surface area contributed by atoms with Crippen molar-refractivity contribution in [1.82, 2.24) is 9.97 Å². The third-order valence-corrected chi connectivity index (χ3v) is 3.52. The van der Waals surface area contributed by atoms with Gasteiger partial charge in [0.15, 0.2) is 5.16 Å². The molecule has 0 bridgehead atoms. The highest BCUT2D eigenvalue weighted by atomic mass is 32.2. The summed E-state index contributed by atoms with van der Waals surface area (Å²) in [7, 11) is 0. The minimum atomic E-state index is 0.235. The number of hydrogen-bond donors (Lipinski definition) is 1. The maximum Gasteiger partial charge on any atom is 0.191 e. The molecule has 1 aliphatic heterocycles. The molecule has 2 unspecified atom stereocenters. The minimum Gasteiger partial charge on any atom is -0.372 e. The number of anilines is 2. The Morgan fingerprint density at radius 1 is 1.37 bits per heavy atom. The van der Waals surface area contributed by atoms with E-state index in [1.807, 2.05) is 12.3 Å². The largest absolute Gasteiger partial charge is 0.372 e. The molecular formula is C13H22N4OS. The molecule has 0 radical (unpaired) electrons. The highest BCUT2D eigenvalue weighted by Gasteiger charge is 2.23. The molecule has 2 heterocycles. The number of aromatic nitrogens is 2. The van der Waals surface area contributed by atoms with E-state index in [-0.39, 0.29) is 12.2 Å². The zero-order chi connectivity index (χ0) is 13.8. The predicted molar refractivity (Wildman–Crippen MR) is 80.2 cm³/mol. The molecule has 6 heteroatoms. The van der Waals surface area contributed by atoms with Crippen molar-refractivity contribution in [3.05, 3.63) is 6.07 Å². The molecule has 0 amide bonds. The smallest absolute Gasteiger partial charge is 0.191 e. The quantitative estimate of drug-likeness (QED) is 0.675. The van der Waals surface area contributed by atoms with Crippen LogP contribution in [0.2, 0.25) is 0 Å². The third-order valence-electron chi connectivity index (χ3n) is 2.98. The van der Waals surface area contributed by atoms with Crippen molar-refractivity contribution < 1.29 is 4.74 Å².